The van der Waals surface area contributed by atoms with Crippen LogP contribution in [0.25, 0.3) is 0 Å². The van der Waals surface area contributed by atoms with E-state index in [9.17, 15) is 0 Å². The molecular formula is C23H30. The molecule has 0 radical (unpaired) electrons. The first kappa shape index (κ1) is 16.3. The summed E-state index contributed by atoms with van der Waals surface area (Å²) in [6.07, 6.45) is 10.6. The number of aryl methyl sites for hydroxylation is 1. The summed E-state index contributed by atoms with van der Waals surface area (Å²) in [5.41, 5.74) is 4.62. The molecule has 0 spiro atoms. The van der Waals surface area contributed by atoms with E-state index < -0.39 is 0 Å². The van der Waals surface area contributed by atoms with Crippen LogP contribution in [-0.4, -0.2) is 0 Å². The molecule has 0 unspecified atom stereocenters. The standard InChI is InChI=1S/C23H30/c1-2-3-5-8-19-11-13-21(14-12-19)23-17-15-22(16-18-23)20-9-6-4-7-10-20/h4,6-7,9-14,22-23H,2-3,5,8,15-18H2,1H3. The van der Waals surface area contributed by atoms with Crippen molar-refractivity contribution in [2.45, 2.75) is 70.1 Å². The highest BCUT2D eigenvalue weighted by atomic mass is 14.3. The predicted octanol–water partition coefficient (Wildman–Crippen LogP) is 6.86. The van der Waals surface area contributed by atoms with Crippen molar-refractivity contribution in [1.82, 2.24) is 0 Å². The molecule has 0 aliphatic heterocycles. The molecule has 1 saturated carbocycles. The molecule has 122 valence electrons. The van der Waals surface area contributed by atoms with Crippen molar-refractivity contribution in [1.29, 1.82) is 0 Å². The molecule has 0 aromatic heterocycles. The van der Waals surface area contributed by atoms with Crippen molar-refractivity contribution in [3.63, 3.8) is 0 Å². The van der Waals surface area contributed by atoms with Crippen LogP contribution >= 0.6 is 0 Å². The largest absolute Gasteiger partial charge is 0.0654 e. The molecule has 3 rings (SSSR count). The fraction of sp³-hybridized carbons (Fsp3) is 0.478. The van der Waals surface area contributed by atoms with Crippen LogP contribution < -0.4 is 0 Å². The summed E-state index contributed by atoms with van der Waals surface area (Å²) in [5.74, 6) is 1.56. The Hall–Kier alpha value is -1.56. The molecule has 1 aliphatic rings. The Morgan fingerprint density at radius 1 is 0.696 bits per heavy atom. The highest BCUT2D eigenvalue weighted by Crippen LogP contribution is 2.40. The Morgan fingerprint density at radius 2 is 1.26 bits per heavy atom. The second-order valence-corrected chi connectivity index (χ2v) is 7.16. The van der Waals surface area contributed by atoms with Crippen LogP contribution in [0.3, 0.4) is 0 Å². The lowest BCUT2D eigenvalue weighted by molar-refractivity contribution is 0.396. The predicted molar refractivity (Wildman–Crippen MR) is 100 cm³/mol. The first-order chi connectivity index (χ1) is 11.4. The van der Waals surface area contributed by atoms with Crippen molar-refractivity contribution in [3.05, 3.63) is 71.3 Å². The van der Waals surface area contributed by atoms with E-state index in [1.807, 2.05) is 0 Å². The van der Waals surface area contributed by atoms with E-state index in [2.05, 4.69) is 61.5 Å². The molecule has 2 aromatic carbocycles. The van der Waals surface area contributed by atoms with Crippen molar-refractivity contribution < 1.29 is 0 Å². The molecule has 23 heavy (non-hydrogen) atoms. The zero-order valence-electron chi connectivity index (χ0n) is 14.5. The third-order valence-corrected chi connectivity index (χ3v) is 5.52. The SMILES string of the molecule is CCCCCc1ccc(C2CCC(c3ccccc3)CC2)cc1. The third kappa shape index (κ3) is 4.47. The maximum atomic E-state index is 2.40. The average molecular weight is 306 g/mol. The lowest BCUT2D eigenvalue weighted by Crippen LogP contribution is -2.12. The van der Waals surface area contributed by atoms with Gasteiger partial charge in [-0.3, -0.25) is 0 Å². The van der Waals surface area contributed by atoms with E-state index >= 15 is 0 Å². The van der Waals surface area contributed by atoms with Gasteiger partial charge >= 0.3 is 0 Å². The lowest BCUT2D eigenvalue weighted by atomic mass is 9.76. The van der Waals surface area contributed by atoms with Crippen LogP contribution in [-0.2, 0) is 6.42 Å². The Morgan fingerprint density at radius 3 is 1.83 bits per heavy atom. The molecule has 0 heteroatoms. The van der Waals surface area contributed by atoms with E-state index in [1.165, 1.54) is 62.5 Å². The van der Waals surface area contributed by atoms with E-state index in [0.717, 1.165) is 11.8 Å². The number of hydrogen-bond acceptors (Lipinski definition) is 0. The molecule has 0 amide bonds. The molecule has 1 fully saturated rings. The van der Waals surface area contributed by atoms with Gasteiger partial charge in [-0.1, -0.05) is 74.4 Å². The normalized spacial score (nSPS) is 21.3. The molecule has 0 saturated heterocycles. The van der Waals surface area contributed by atoms with Crippen LogP contribution in [0.4, 0.5) is 0 Å². The van der Waals surface area contributed by atoms with Crippen LogP contribution in [0, 0.1) is 0 Å². The lowest BCUT2D eigenvalue weighted by Gasteiger charge is -2.29. The highest BCUT2D eigenvalue weighted by molar-refractivity contribution is 5.27. The summed E-state index contributed by atoms with van der Waals surface area (Å²) in [6, 6.07) is 20.6. The van der Waals surface area contributed by atoms with Gasteiger partial charge in [0.15, 0.2) is 0 Å². The fourth-order valence-corrected chi connectivity index (χ4v) is 4.02. The van der Waals surface area contributed by atoms with Gasteiger partial charge in [0.2, 0.25) is 0 Å². The summed E-state index contributed by atoms with van der Waals surface area (Å²) in [6.45, 7) is 2.27. The number of benzene rings is 2. The topological polar surface area (TPSA) is 0 Å². The van der Waals surface area contributed by atoms with Gasteiger partial charge in [0.05, 0.1) is 0 Å². The van der Waals surface area contributed by atoms with Gasteiger partial charge in [-0.15, -0.1) is 0 Å². The van der Waals surface area contributed by atoms with Crippen molar-refractivity contribution in [3.8, 4) is 0 Å². The van der Waals surface area contributed by atoms with E-state index in [0.29, 0.717) is 0 Å². The Bertz CT molecular complexity index is 559. The Kier molecular flexibility index (Phi) is 5.91. The maximum absolute atomic E-state index is 2.40. The summed E-state index contributed by atoms with van der Waals surface area (Å²) in [4.78, 5) is 0. The first-order valence-electron chi connectivity index (χ1n) is 9.50. The zero-order chi connectivity index (χ0) is 15.9. The second-order valence-electron chi connectivity index (χ2n) is 7.16. The van der Waals surface area contributed by atoms with Gasteiger partial charge in [-0.2, -0.15) is 0 Å². The smallest absolute Gasteiger partial charge is 0.0162 e. The maximum Gasteiger partial charge on any atom is -0.0162 e. The zero-order valence-corrected chi connectivity index (χ0v) is 14.5. The van der Waals surface area contributed by atoms with E-state index in [1.54, 1.807) is 5.56 Å². The summed E-state index contributed by atoms with van der Waals surface area (Å²) in [5, 5.41) is 0. The van der Waals surface area contributed by atoms with E-state index in [4.69, 9.17) is 0 Å². The molecule has 0 N–H and O–H groups in total. The highest BCUT2D eigenvalue weighted by Gasteiger charge is 2.23. The van der Waals surface area contributed by atoms with Crippen molar-refractivity contribution in [2.24, 2.45) is 0 Å². The molecule has 1 aliphatic carbocycles. The Balaban J connectivity index is 1.53. The third-order valence-electron chi connectivity index (χ3n) is 5.52. The van der Waals surface area contributed by atoms with Gasteiger partial charge in [0.1, 0.15) is 0 Å². The molecule has 2 aromatic rings. The molecule has 0 bridgehead atoms. The summed E-state index contributed by atoms with van der Waals surface area (Å²) < 4.78 is 0. The van der Waals surface area contributed by atoms with Gasteiger partial charge in [0, 0.05) is 0 Å². The number of hydrogen-bond donors (Lipinski definition) is 0. The Labute approximate surface area is 141 Å². The summed E-state index contributed by atoms with van der Waals surface area (Å²) >= 11 is 0. The van der Waals surface area contributed by atoms with Crippen LogP contribution in [0.5, 0.6) is 0 Å². The number of unbranched alkanes of at least 4 members (excludes halogenated alkanes) is 2. The minimum Gasteiger partial charge on any atom is -0.0654 e. The monoisotopic (exact) mass is 306 g/mol. The van der Waals surface area contributed by atoms with Crippen LogP contribution in [0.2, 0.25) is 0 Å². The minimum absolute atomic E-state index is 0.777. The van der Waals surface area contributed by atoms with Crippen molar-refractivity contribution in [2.75, 3.05) is 0 Å². The van der Waals surface area contributed by atoms with Gasteiger partial charge in [0.25, 0.3) is 0 Å². The van der Waals surface area contributed by atoms with E-state index in [-0.39, 0.29) is 0 Å². The van der Waals surface area contributed by atoms with Gasteiger partial charge < -0.3 is 0 Å². The second kappa shape index (κ2) is 8.34. The molecule has 0 heterocycles. The first-order valence-corrected chi connectivity index (χ1v) is 9.50. The van der Waals surface area contributed by atoms with Crippen LogP contribution in [0.1, 0.15) is 80.4 Å². The molecular weight excluding hydrogens is 276 g/mol. The molecule has 0 nitrogen and oxygen atoms in total. The number of rotatable bonds is 6. The average Bonchev–Trinajstić information content (AvgIpc) is 2.63. The minimum atomic E-state index is 0.777. The fourth-order valence-electron chi connectivity index (χ4n) is 4.02. The summed E-state index contributed by atoms with van der Waals surface area (Å²) in [7, 11) is 0. The quantitative estimate of drug-likeness (QED) is 0.511. The van der Waals surface area contributed by atoms with Crippen LogP contribution in [0.15, 0.2) is 54.6 Å². The van der Waals surface area contributed by atoms with Crippen molar-refractivity contribution >= 4 is 0 Å². The van der Waals surface area contributed by atoms with Gasteiger partial charge in [-0.05, 0) is 67.1 Å². The van der Waals surface area contributed by atoms with Gasteiger partial charge in [-0.25, -0.2) is 0 Å². The molecule has 0 atom stereocenters.